The number of nitrogens with zero attached hydrogens (tertiary/aromatic N) is 2. The lowest BCUT2D eigenvalue weighted by atomic mass is 10.1. The molecule has 0 spiro atoms. The van der Waals surface area contributed by atoms with Gasteiger partial charge in [0.2, 0.25) is 5.95 Å². The van der Waals surface area contributed by atoms with E-state index in [2.05, 4.69) is 15.3 Å². The molecule has 1 aromatic carbocycles. The number of pyridine rings is 2. The zero-order chi connectivity index (χ0) is 13.9. The minimum Gasteiger partial charge on any atom is -0.319 e. The Labute approximate surface area is 114 Å². The lowest BCUT2D eigenvalue weighted by Crippen LogP contribution is -2.14. The fraction of sp³-hybridized carbons (Fsp3) is 0. The molecule has 0 unspecified atom stereocenters. The Balaban J connectivity index is 1.94. The summed E-state index contributed by atoms with van der Waals surface area (Å²) in [6.45, 7) is 0. The molecule has 2 aromatic heterocycles. The number of benzene rings is 1. The van der Waals surface area contributed by atoms with Crippen molar-refractivity contribution in [2.45, 2.75) is 0 Å². The number of carbonyl (C=O) groups is 1. The number of hydrogen-bond donors (Lipinski definition) is 1. The van der Waals surface area contributed by atoms with Crippen LogP contribution in [0.2, 0.25) is 0 Å². The molecule has 1 N–H and O–H groups in total. The van der Waals surface area contributed by atoms with Crippen molar-refractivity contribution in [3.8, 4) is 0 Å². The zero-order valence-corrected chi connectivity index (χ0v) is 10.4. The molecule has 1 amide bonds. The van der Waals surface area contributed by atoms with Gasteiger partial charge in [-0.3, -0.25) is 9.78 Å². The lowest BCUT2D eigenvalue weighted by Gasteiger charge is -2.06. The maximum atomic E-state index is 12.7. The summed E-state index contributed by atoms with van der Waals surface area (Å²) in [4.78, 5) is 19.8. The standard InChI is InChI=1S/C15H10FN3O/c16-13-6-5-11(9-18-13)19-15(20)14-12-4-2-1-3-10(12)7-8-17-14/h1-9H,(H,19,20). The summed E-state index contributed by atoms with van der Waals surface area (Å²) in [5.41, 5.74) is 0.749. The Morgan fingerprint density at radius 2 is 1.90 bits per heavy atom. The molecule has 20 heavy (non-hydrogen) atoms. The molecule has 98 valence electrons. The molecule has 0 radical (unpaired) electrons. The smallest absolute Gasteiger partial charge is 0.274 e. The van der Waals surface area contributed by atoms with Crippen LogP contribution in [0.3, 0.4) is 0 Å². The van der Waals surface area contributed by atoms with Gasteiger partial charge in [0.25, 0.3) is 5.91 Å². The van der Waals surface area contributed by atoms with Crippen LogP contribution in [-0.2, 0) is 0 Å². The Hall–Kier alpha value is -2.82. The Morgan fingerprint density at radius 1 is 1.05 bits per heavy atom. The van der Waals surface area contributed by atoms with Crippen molar-refractivity contribution < 1.29 is 9.18 Å². The van der Waals surface area contributed by atoms with Crippen molar-refractivity contribution in [2.24, 2.45) is 0 Å². The van der Waals surface area contributed by atoms with E-state index < -0.39 is 5.95 Å². The molecule has 4 nitrogen and oxygen atoms in total. The largest absolute Gasteiger partial charge is 0.319 e. The first-order valence-electron chi connectivity index (χ1n) is 6.01. The van der Waals surface area contributed by atoms with Gasteiger partial charge in [-0.15, -0.1) is 0 Å². The minimum absolute atomic E-state index is 0.326. The summed E-state index contributed by atoms with van der Waals surface area (Å²) in [6, 6.07) is 12.0. The van der Waals surface area contributed by atoms with E-state index in [1.807, 2.05) is 30.3 Å². The second-order valence-corrected chi connectivity index (χ2v) is 4.20. The molecule has 0 aliphatic heterocycles. The molecule has 3 aromatic rings. The minimum atomic E-state index is -0.591. The maximum Gasteiger partial charge on any atom is 0.274 e. The summed E-state index contributed by atoms with van der Waals surface area (Å²) in [6.07, 6.45) is 2.85. The number of hydrogen-bond acceptors (Lipinski definition) is 3. The van der Waals surface area contributed by atoms with Gasteiger partial charge >= 0.3 is 0 Å². The SMILES string of the molecule is O=C(Nc1ccc(F)nc1)c1nccc2ccccc12. The van der Waals surface area contributed by atoms with Crippen molar-refractivity contribution >= 4 is 22.4 Å². The number of aromatic nitrogens is 2. The monoisotopic (exact) mass is 267 g/mol. The molecule has 3 rings (SSSR count). The van der Waals surface area contributed by atoms with Gasteiger partial charge in [-0.05, 0) is 23.6 Å². The molecule has 2 heterocycles. The molecular weight excluding hydrogens is 257 g/mol. The predicted octanol–water partition coefficient (Wildman–Crippen LogP) is 3.02. The molecular formula is C15H10FN3O. The fourth-order valence-corrected chi connectivity index (χ4v) is 1.94. The van der Waals surface area contributed by atoms with Crippen LogP contribution >= 0.6 is 0 Å². The first-order chi connectivity index (χ1) is 9.74. The quantitative estimate of drug-likeness (QED) is 0.726. The third-order valence-electron chi connectivity index (χ3n) is 2.87. The first-order valence-corrected chi connectivity index (χ1v) is 6.01. The number of nitrogens with one attached hydrogen (secondary N) is 1. The molecule has 0 bridgehead atoms. The molecule has 0 saturated heterocycles. The van der Waals surface area contributed by atoms with E-state index in [-0.39, 0.29) is 5.91 Å². The van der Waals surface area contributed by atoms with Gasteiger partial charge in [0.05, 0.1) is 11.9 Å². The zero-order valence-electron chi connectivity index (χ0n) is 10.4. The van der Waals surface area contributed by atoms with E-state index in [0.29, 0.717) is 11.4 Å². The van der Waals surface area contributed by atoms with Crippen LogP contribution < -0.4 is 5.32 Å². The van der Waals surface area contributed by atoms with E-state index in [4.69, 9.17) is 0 Å². The van der Waals surface area contributed by atoms with Gasteiger partial charge < -0.3 is 5.32 Å². The number of anilines is 1. The summed E-state index contributed by atoms with van der Waals surface area (Å²) < 4.78 is 12.7. The van der Waals surface area contributed by atoms with Gasteiger partial charge in [0.1, 0.15) is 5.69 Å². The van der Waals surface area contributed by atoms with Gasteiger partial charge in [-0.2, -0.15) is 4.39 Å². The molecule has 0 aliphatic rings. The summed E-state index contributed by atoms with van der Waals surface area (Å²) in [5.74, 6) is -0.943. The van der Waals surface area contributed by atoms with Crippen LogP contribution in [0.1, 0.15) is 10.5 Å². The van der Waals surface area contributed by atoms with Gasteiger partial charge in [0, 0.05) is 11.6 Å². The predicted molar refractivity (Wildman–Crippen MR) is 73.9 cm³/mol. The second kappa shape index (κ2) is 5.05. The topological polar surface area (TPSA) is 54.9 Å². The van der Waals surface area contributed by atoms with Crippen LogP contribution in [0, 0.1) is 5.95 Å². The van der Waals surface area contributed by atoms with Crippen molar-refractivity contribution in [1.29, 1.82) is 0 Å². The Bertz CT molecular complexity index is 766. The average Bonchev–Trinajstić information content (AvgIpc) is 2.49. The first kappa shape index (κ1) is 12.2. The Morgan fingerprint density at radius 3 is 2.70 bits per heavy atom. The van der Waals surface area contributed by atoms with Gasteiger partial charge in [-0.25, -0.2) is 4.98 Å². The fourth-order valence-electron chi connectivity index (χ4n) is 1.94. The highest BCUT2D eigenvalue weighted by molar-refractivity contribution is 6.11. The highest BCUT2D eigenvalue weighted by atomic mass is 19.1. The van der Waals surface area contributed by atoms with Gasteiger partial charge in [-0.1, -0.05) is 24.3 Å². The highest BCUT2D eigenvalue weighted by Gasteiger charge is 2.11. The molecule has 0 aliphatic carbocycles. The van der Waals surface area contributed by atoms with Crippen molar-refractivity contribution in [2.75, 3.05) is 5.32 Å². The lowest BCUT2D eigenvalue weighted by molar-refractivity contribution is 0.102. The Kier molecular flexibility index (Phi) is 3.09. The van der Waals surface area contributed by atoms with E-state index in [1.165, 1.54) is 18.3 Å². The normalized spacial score (nSPS) is 10.4. The molecule has 0 fully saturated rings. The third-order valence-corrected chi connectivity index (χ3v) is 2.87. The van der Waals surface area contributed by atoms with E-state index in [9.17, 15) is 9.18 Å². The van der Waals surface area contributed by atoms with E-state index in [0.717, 1.165) is 10.8 Å². The number of halogens is 1. The summed E-state index contributed by atoms with van der Waals surface area (Å²) in [7, 11) is 0. The maximum absolute atomic E-state index is 12.7. The number of fused-ring (bicyclic) bond motifs is 1. The van der Waals surface area contributed by atoms with Crippen molar-refractivity contribution in [3.05, 3.63) is 66.5 Å². The van der Waals surface area contributed by atoms with Crippen LogP contribution in [0.5, 0.6) is 0 Å². The summed E-state index contributed by atoms with van der Waals surface area (Å²) >= 11 is 0. The van der Waals surface area contributed by atoms with E-state index >= 15 is 0 Å². The van der Waals surface area contributed by atoms with E-state index in [1.54, 1.807) is 6.20 Å². The van der Waals surface area contributed by atoms with Crippen molar-refractivity contribution in [3.63, 3.8) is 0 Å². The number of amides is 1. The van der Waals surface area contributed by atoms with Crippen molar-refractivity contribution in [1.82, 2.24) is 9.97 Å². The molecule has 5 heteroatoms. The highest BCUT2D eigenvalue weighted by Crippen LogP contribution is 2.17. The van der Waals surface area contributed by atoms with Crippen LogP contribution in [0.4, 0.5) is 10.1 Å². The molecule has 0 saturated carbocycles. The van der Waals surface area contributed by atoms with Gasteiger partial charge in [0.15, 0.2) is 0 Å². The van der Waals surface area contributed by atoms with Crippen LogP contribution in [-0.4, -0.2) is 15.9 Å². The second-order valence-electron chi connectivity index (χ2n) is 4.20. The summed E-state index contributed by atoms with van der Waals surface area (Å²) in [5, 5.41) is 4.35. The third kappa shape index (κ3) is 2.33. The average molecular weight is 267 g/mol. The van der Waals surface area contributed by atoms with Crippen LogP contribution in [0.15, 0.2) is 54.9 Å². The van der Waals surface area contributed by atoms with Crippen LogP contribution in [0.25, 0.3) is 10.8 Å². The number of rotatable bonds is 2. The molecule has 0 atom stereocenters. The number of carbonyl (C=O) groups excluding carboxylic acids is 1.